The van der Waals surface area contributed by atoms with Crippen molar-refractivity contribution in [3.05, 3.63) is 59.7 Å². The third kappa shape index (κ3) is 5.66. The van der Waals surface area contributed by atoms with E-state index < -0.39 is 0 Å². The summed E-state index contributed by atoms with van der Waals surface area (Å²) in [6.07, 6.45) is 1.85. The molecular weight excluding hydrogens is 392 g/mol. The van der Waals surface area contributed by atoms with Gasteiger partial charge >= 0.3 is 0 Å². The number of nitrogens with one attached hydrogen (secondary N) is 1. The van der Waals surface area contributed by atoms with E-state index >= 15 is 0 Å². The van der Waals surface area contributed by atoms with Crippen molar-refractivity contribution in [1.82, 2.24) is 20.5 Å². The first-order valence-corrected chi connectivity index (χ1v) is 11.3. The molecule has 0 unspecified atom stereocenters. The van der Waals surface area contributed by atoms with E-state index in [-0.39, 0.29) is 17.7 Å². The van der Waals surface area contributed by atoms with Crippen molar-refractivity contribution in [1.29, 1.82) is 0 Å². The zero-order chi connectivity index (χ0) is 21.5. The fourth-order valence-corrected chi connectivity index (χ4v) is 3.68. The molecule has 2 aromatic carbocycles. The highest BCUT2D eigenvalue weighted by atomic mass is 32.2. The van der Waals surface area contributed by atoms with E-state index in [1.807, 2.05) is 24.3 Å². The summed E-state index contributed by atoms with van der Waals surface area (Å²) in [5, 5.41) is 12.3. The quantitative estimate of drug-likeness (QED) is 0.506. The fraction of sp³-hybridized carbons (Fsp3) is 0.333. The lowest BCUT2D eigenvalue weighted by molar-refractivity contribution is -0.119. The number of aromatic nitrogens is 3. The third-order valence-electron chi connectivity index (χ3n) is 5.00. The fourth-order valence-electron chi connectivity index (χ4n) is 3.08. The molecule has 0 spiro atoms. The van der Waals surface area contributed by atoms with Crippen molar-refractivity contribution in [2.75, 3.05) is 5.75 Å². The van der Waals surface area contributed by atoms with Gasteiger partial charge in [0, 0.05) is 17.2 Å². The van der Waals surface area contributed by atoms with Gasteiger partial charge in [-0.3, -0.25) is 4.79 Å². The molecule has 0 fully saturated rings. The van der Waals surface area contributed by atoms with Crippen LogP contribution < -0.4 is 5.32 Å². The topological polar surface area (TPSA) is 67.8 Å². The highest BCUT2D eigenvalue weighted by molar-refractivity contribution is 7.99. The van der Waals surface area contributed by atoms with Gasteiger partial charge < -0.3 is 5.32 Å². The Morgan fingerprint density at radius 2 is 1.40 bits per heavy atom. The van der Waals surface area contributed by atoms with Gasteiger partial charge in [0.15, 0.2) is 0 Å². The van der Waals surface area contributed by atoms with Crippen LogP contribution >= 0.6 is 11.8 Å². The number of hydrogen-bond donors (Lipinski definition) is 1. The second-order valence-corrected chi connectivity index (χ2v) is 8.34. The number of hydrogen-bond acceptors (Lipinski definition) is 5. The Morgan fingerprint density at radius 1 is 0.867 bits per heavy atom. The molecule has 30 heavy (non-hydrogen) atoms. The molecule has 0 atom stereocenters. The van der Waals surface area contributed by atoms with Gasteiger partial charge in [-0.25, -0.2) is 4.98 Å². The Bertz CT molecular complexity index is 983. The van der Waals surface area contributed by atoms with E-state index in [0.29, 0.717) is 5.16 Å². The molecule has 6 heteroatoms. The summed E-state index contributed by atoms with van der Waals surface area (Å²) in [7, 11) is 0. The lowest BCUT2D eigenvalue weighted by Crippen LogP contribution is -2.35. The molecule has 0 aliphatic heterocycles. The second-order valence-electron chi connectivity index (χ2n) is 7.39. The van der Waals surface area contributed by atoms with Crippen LogP contribution in [0.5, 0.6) is 0 Å². The number of amides is 1. The number of rotatable bonds is 8. The standard InChI is InChI=1S/C24H28N4OS/c1-5-20(6-2)25-21(29)15-30-24-26-22(18-11-7-16(3)8-12-18)23(27-28-24)19-13-9-17(4)10-14-19/h7-14,20H,5-6,15H2,1-4H3,(H,25,29). The summed E-state index contributed by atoms with van der Waals surface area (Å²) < 4.78 is 0. The minimum Gasteiger partial charge on any atom is -0.353 e. The van der Waals surface area contributed by atoms with Gasteiger partial charge in [-0.2, -0.15) is 0 Å². The second kappa shape index (κ2) is 10.3. The normalized spacial score (nSPS) is 11.0. The summed E-state index contributed by atoms with van der Waals surface area (Å²) in [6, 6.07) is 16.6. The minimum absolute atomic E-state index is 0.00297. The Hall–Kier alpha value is -2.73. The smallest absolute Gasteiger partial charge is 0.230 e. The van der Waals surface area contributed by atoms with Gasteiger partial charge in [-0.15, -0.1) is 10.2 Å². The molecule has 0 radical (unpaired) electrons. The first-order chi connectivity index (χ1) is 14.5. The predicted octanol–water partition coefficient (Wildman–Crippen LogP) is 5.22. The maximum absolute atomic E-state index is 12.2. The van der Waals surface area contributed by atoms with Crippen molar-refractivity contribution in [2.24, 2.45) is 0 Å². The van der Waals surface area contributed by atoms with Crippen molar-refractivity contribution in [3.63, 3.8) is 0 Å². The summed E-state index contributed by atoms with van der Waals surface area (Å²) in [4.78, 5) is 17.0. The molecule has 1 aromatic heterocycles. The van der Waals surface area contributed by atoms with Crippen LogP contribution in [-0.2, 0) is 4.79 Å². The molecular formula is C24H28N4OS. The molecule has 0 aliphatic carbocycles. The molecule has 1 amide bonds. The molecule has 156 valence electrons. The van der Waals surface area contributed by atoms with Crippen LogP contribution in [0, 0.1) is 13.8 Å². The van der Waals surface area contributed by atoms with E-state index in [2.05, 4.69) is 67.5 Å². The average molecular weight is 421 g/mol. The first kappa shape index (κ1) is 22.0. The van der Waals surface area contributed by atoms with Crippen LogP contribution in [0.4, 0.5) is 0 Å². The van der Waals surface area contributed by atoms with Gasteiger partial charge in [0.25, 0.3) is 0 Å². The van der Waals surface area contributed by atoms with Crippen LogP contribution in [0.25, 0.3) is 22.5 Å². The molecule has 0 saturated heterocycles. The third-order valence-corrected chi connectivity index (χ3v) is 5.84. The largest absolute Gasteiger partial charge is 0.353 e. The van der Waals surface area contributed by atoms with Crippen LogP contribution in [-0.4, -0.2) is 32.9 Å². The summed E-state index contributed by atoms with van der Waals surface area (Å²) in [5.74, 6) is 0.270. The van der Waals surface area contributed by atoms with Crippen LogP contribution in [0.15, 0.2) is 53.7 Å². The van der Waals surface area contributed by atoms with Crippen molar-refractivity contribution < 1.29 is 4.79 Å². The molecule has 0 bridgehead atoms. The van der Waals surface area contributed by atoms with E-state index in [0.717, 1.165) is 35.4 Å². The molecule has 3 rings (SSSR count). The predicted molar refractivity (Wildman–Crippen MR) is 123 cm³/mol. The van der Waals surface area contributed by atoms with Crippen LogP contribution in [0.1, 0.15) is 37.8 Å². The zero-order valence-electron chi connectivity index (χ0n) is 18.0. The highest BCUT2D eigenvalue weighted by Gasteiger charge is 2.15. The Morgan fingerprint density at radius 3 is 1.93 bits per heavy atom. The Balaban J connectivity index is 1.88. The summed E-state index contributed by atoms with van der Waals surface area (Å²) in [5.41, 5.74) is 5.84. The number of aryl methyl sites for hydroxylation is 2. The molecule has 1 N–H and O–H groups in total. The number of carbonyl (C=O) groups excluding carboxylic acids is 1. The molecule has 0 saturated carbocycles. The van der Waals surface area contributed by atoms with E-state index in [9.17, 15) is 4.79 Å². The summed E-state index contributed by atoms with van der Waals surface area (Å²) in [6.45, 7) is 8.27. The van der Waals surface area contributed by atoms with E-state index in [1.54, 1.807) is 0 Å². The minimum atomic E-state index is -0.00297. The number of thioether (sulfide) groups is 1. The molecule has 3 aromatic rings. The molecule has 1 heterocycles. The van der Waals surface area contributed by atoms with Crippen molar-refractivity contribution in [2.45, 2.75) is 51.7 Å². The van der Waals surface area contributed by atoms with Crippen molar-refractivity contribution in [3.8, 4) is 22.5 Å². The first-order valence-electron chi connectivity index (χ1n) is 10.3. The maximum Gasteiger partial charge on any atom is 0.230 e. The number of carbonyl (C=O) groups is 1. The number of nitrogens with zero attached hydrogens (tertiary/aromatic N) is 3. The lowest BCUT2D eigenvalue weighted by Gasteiger charge is -2.14. The summed E-state index contributed by atoms with van der Waals surface area (Å²) >= 11 is 1.31. The van der Waals surface area contributed by atoms with E-state index in [1.165, 1.54) is 22.9 Å². The van der Waals surface area contributed by atoms with Crippen molar-refractivity contribution >= 4 is 17.7 Å². The Kier molecular flexibility index (Phi) is 7.57. The molecule has 0 aliphatic rings. The van der Waals surface area contributed by atoms with Gasteiger partial charge in [0.05, 0.1) is 5.75 Å². The zero-order valence-corrected chi connectivity index (χ0v) is 18.8. The van der Waals surface area contributed by atoms with E-state index in [4.69, 9.17) is 4.98 Å². The number of benzene rings is 2. The van der Waals surface area contributed by atoms with Crippen LogP contribution in [0.3, 0.4) is 0 Å². The van der Waals surface area contributed by atoms with Crippen LogP contribution in [0.2, 0.25) is 0 Å². The maximum atomic E-state index is 12.2. The highest BCUT2D eigenvalue weighted by Crippen LogP contribution is 2.30. The lowest BCUT2D eigenvalue weighted by atomic mass is 10.0. The molecule has 5 nitrogen and oxygen atoms in total. The van der Waals surface area contributed by atoms with Gasteiger partial charge in [-0.1, -0.05) is 85.3 Å². The Labute approximate surface area is 182 Å². The van der Waals surface area contributed by atoms with Gasteiger partial charge in [0.2, 0.25) is 11.1 Å². The SMILES string of the molecule is CCC(CC)NC(=O)CSc1nnc(-c2ccc(C)cc2)c(-c2ccc(C)cc2)n1. The monoisotopic (exact) mass is 420 g/mol. The van der Waals surface area contributed by atoms with Gasteiger partial charge in [-0.05, 0) is 26.7 Å². The average Bonchev–Trinajstić information content (AvgIpc) is 2.77. The van der Waals surface area contributed by atoms with Gasteiger partial charge in [0.1, 0.15) is 11.4 Å².